The molecule has 1 aromatic carbocycles. The first-order valence-electron chi connectivity index (χ1n) is 9.07. The summed E-state index contributed by atoms with van der Waals surface area (Å²) in [4.78, 5) is 22.2. The number of hydrogen-bond acceptors (Lipinski definition) is 3. The van der Waals surface area contributed by atoms with E-state index >= 15 is 0 Å². The Bertz CT molecular complexity index is 822. The van der Waals surface area contributed by atoms with Crippen LogP contribution >= 0.6 is 0 Å². The average Bonchev–Trinajstić information content (AvgIpc) is 2.82. The van der Waals surface area contributed by atoms with Crippen molar-refractivity contribution < 1.29 is 9.18 Å². The number of hydrogen-bond donors (Lipinski definition) is 0. The standard InChI is InChI=1S/C20H24FN3O/c1-13-8-18(17-9-15(21)6-7-19(17)22-13)20(25)24-11-14-4-3-5-16(12-24)23(2)10-14/h6-9,14,16H,3-5,10-12H2,1-2H3/t14-,16-/m0/s1. The number of carbonyl (C=O) groups excluding carboxylic acids is 1. The highest BCUT2D eigenvalue weighted by Gasteiger charge is 2.33. The van der Waals surface area contributed by atoms with Gasteiger partial charge >= 0.3 is 0 Å². The van der Waals surface area contributed by atoms with Crippen LogP contribution in [-0.4, -0.2) is 53.4 Å². The van der Waals surface area contributed by atoms with Gasteiger partial charge in [0.15, 0.2) is 0 Å². The molecule has 0 N–H and O–H groups in total. The lowest BCUT2D eigenvalue weighted by molar-refractivity contribution is 0.0712. The molecule has 4 rings (SSSR count). The van der Waals surface area contributed by atoms with Crippen molar-refractivity contribution in [2.75, 3.05) is 26.7 Å². The SMILES string of the molecule is Cc1cc(C(=O)N2C[C@H]3CCC[C@@H](C2)N(C)C3)c2cc(F)ccc2n1. The molecule has 2 aliphatic rings. The molecule has 2 atom stereocenters. The minimum absolute atomic E-state index is 0.00769. The minimum atomic E-state index is -0.334. The van der Waals surface area contributed by atoms with Gasteiger partial charge in [-0.3, -0.25) is 9.78 Å². The van der Waals surface area contributed by atoms with E-state index in [-0.39, 0.29) is 11.7 Å². The van der Waals surface area contributed by atoms with Crippen LogP contribution in [0.3, 0.4) is 0 Å². The van der Waals surface area contributed by atoms with Gasteiger partial charge in [0.2, 0.25) is 0 Å². The second kappa shape index (κ2) is 6.37. The fourth-order valence-electron chi connectivity index (χ4n) is 4.37. The predicted octanol–water partition coefficient (Wildman–Crippen LogP) is 3.24. The lowest BCUT2D eigenvalue weighted by Gasteiger charge is -2.30. The van der Waals surface area contributed by atoms with E-state index in [0.29, 0.717) is 28.4 Å². The maximum atomic E-state index is 13.8. The number of benzene rings is 1. The smallest absolute Gasteiger partial charge is 0.254 e. The third-order valence-electron chi connectivity index (χ3n) is 5.65. The predicted molar refractivity (Wildman–Crippen MR) is 96.1 cm³/mol. The third kappa shape index (κ3) is 3.13. The summed E-state index contributed by atoms with van der Waals surface area (Å²) >= 11 is 0. The molecule has 2 fully saturated rings. The maximum absolute atomic E-state index is 13.8. The Morgan fingerprint density at radius 3 is 2.88 bits per heavy atom. The average molecular weight is 341 g/mol. The molecule has 2 saturated heterocycles. The zero-order valence-corrected chi connectivity index (χ0v) is 14.8. The highest BCUT2D eigenvalue weighted by atomic mass is 19.1. The fraction of sp³-hybridized carbons (Fsp3) is 0.500. The van der Waals surface area contributed by atoms with Gasteiger partial charge in [-0.15, -0.1) is 0 Å². The molecule has 0 unspecified atom stereocenters. The first-order chi connectivity index (χ1) is 12.0. The topological polar surface area (TPSA) is 36.4 Å². The molecule has 0 aliphatic carbocycles. The number of amides is 1. The lowest BCUT2D eigenvalue weighted by Crippen LogP contribution is -2.42. The molecule has 3 heterocycles. The Labute approximate surface area is 147 Å². The molecule has 2 bridgehead atoms. The summed E-state index contributed by atoms with van der Waals surface area (Å²) in [6, 6.07) is 6.70. The van der Waals surface area contributed by atoms with Crippen molar-refractivity contribution in [1.29, 1.82) is 0 Å². The molecule has 0 radical (unpaired) electrons. The van der Waals surface area contributed by atoms with E-state index in [4.69, 9.17) is 0 Å². The molecule has 0 spiro atoms. The van der Waals surface area contributed by atoms with Gasteiger partial charge in [0, 0.05) is 36.8 Å². The van der Waals surface area contributed by atoms with Crippen molar-refractivity contribution in [3.8, 4) is 0 Å². The van der Waals surface area contributed by atoms with Gasteiger partial charge in [-0.25, -0.2) is 4.39 Å². The van der Waals surface area contributed by atoms with Gasteiger partial charge in [-0.2, -0.15) is 0 Å². The second-order valence-corrected chi connectivity index (χ2v) is 7.57. The Morgan fingerprint density at radius 1 is 1.20 bits per heavy atom. The number of nitrogens with zero attached hydrogens (tertiary/aromatic N) is 3. The maximum Gasteiger partial charge on any atom is 0.254 e. The number of likely N-dealkylation sites (N-methyl/N-ethyl adjacent to an activating group) is 1. The highest BCUT2D eigenvalue weighted by molar-refractivity contribution is 6.06. The highest BCUT2D eigenvalue weighted by Crippen LogP contribution is 2.28. The first-order valence-corrected chi connectivity index (χ1v) is 9.07. The number of rotatable bonds is 1. The third-order valence-corrected chi connectivity index (χ3v) is 5.65. The summed E-state index contributed by atoms with van der Waals surface area (Å²) in [5, 5.41) is 0.610. The van der Waals surface area contributed by atoms with Crippen molar-refractivity contribution >= 4 is 16.8 Å². The van der Waals surface area contributed by atoms with Crippen molar-refractivity contribution in [1.82, 2.24) is 14.8 Å². The quantitative estimate of drug-likeness (QED) is 0.799. The van der Waals surface area contributed by atoms with Crippen LogP contribution in [0.5, 0.6) is 0 Å². The van der Waals surface area contributed by atoms with E-state index in [0.717, 1.165) is 31.7 Å². The van der Waals surface area contributed by atoms with E-state index in [1.165, 1.54) is 25.0 Å². The van der Waals surface area contributed by atoms with Gasteiger partial charge in [-0.05, 0) is 57.0 Å². The monoisotopic (exact) mass is 341 g/mol. The Kier molecular flexibility index (Phi) is 4.20. The normalized spacial score (nSPS) is 24.4. The molecular weight excluding hydrogens is 317 g/mol. The van der Waals surface area contributed by atoms with Crippen LogP contribution in [0.2, 0.25) is 0 Å². The number of fused-ring (bicyclic) bond motifs is 4. The van der Waals surface area contributed by atoms with Crippen LogP contribution in [0.4, 0.5) is 4.39 Å². The molecule has 1 amide bonds. The molecule has 25 heavy (non-hydrogen) atoms. The van der Waals surface area contributed by atoms with Gasteiger partial charge < -0.3 is 9.80 Å². The van der Waals surface area contributed by atoms with Crippen LogP contribution in [-0.2, 0) is 0 Å². The molecule has 2 aromatic rings. The van der Waals surface area contributed by atoms with Crippen LogP contribution in [0.1, 0.15) is 35.3 Å². The molecule has 4 nitrogen and oxygen atoms in total. The number of carbonyl (C=O) groups is 1. The number of halogens is 1. The number of pyridine rings is 1. The Balaban J connectivity index is 1.73. The zero-order valence-electron chi connectivity index (χ0n) is 14.8. The molecule has 2 aliphatic heterocycles. The molecule has 132 valence electrons. The summed E-state index contributed by atoms with van der Waals surface area (Å²) in [6.07, 6.45) is 3.56. The summed E-state index contributed by atoms with van der Waals surface area (Å²) in [5.41, 5.74) is 2.04. The van der Waals surface area contributed by atoms with E-state index in [2.05, 4.69) is 16.9 Å². The lowest BCUT2D eigenvalue weighted by atomic mass is 9.98. The zero-order chi connectivity index (χ0) is 17.6. The second-order valence-electron chi connectivity index (χ2n) is 7.57. The summed E-state index contributed by atoms with van der Waals surface area (Å²) in [6.45, 7) is 4.48. The van der Waals surface area contributed by atoms with E-state index < -0.39 is 0 Å². The minimum Gasteiger partial charge on any atom is -0.337 e. The van der Waals surface area contributed by atoms with Crippen LogP contribution in [0, 0.1) is 18.7 Å². The Morgan fingerprint density at radius 2 is 2.04 bits per heavy atom. The summed E-state index contributed by atoms with van der Waals surface area (Å²) in [7, 11) is 2.17. The number of likely N-dealkylation sites (tertiary alicyclic amines) is 1. The molecule has 5 heteroatoms. The fourth-order valence-corrected chi connectivity index (χ4v) is 4.37. The van der Waals surface area contributed by atoms with Gasteiger partial charge in [0.1, 0.15) is 5.82 Å². The molecular formula is C20H24FN3O. The summed E-state index contributed by atoms with van der Waals surface area (Å²) in [5.74, 6) is 0.195. The van der Waals surface area contributed by atoms with E-state index in [1.54, 1.807) is 12.1 Å². The van der Waals surface area contributed by atoms with Crippen molar-refractivity contribution in [3.05, 3.63) is 41.3 Å². The molecule has 1 aromatic heterocycles. The summed E-state index contributed by atoms with van der Waals surface area (Å²) < 4.78 is 13.8. The first kappa shape index (κ1) is 16.5. The van der Waals surface area contributed by atoms with Crippen LogP contribution in [0.25, 0.3) is 10.9 Å². The van der Waals surface area contributed by atoms with Crippen molar-refractivity contribution in [3.63, 3.8) is 0 Å². The van der Waals surface area contributed by atoms with Crippen LogP contribution in [0.15, 0.2) is 24.3 Å². The van der Waals surface area contributed by atoms with E-state index in [9.17, 15) is 9.18 Å². The Hall–Kier alpha value is -2.01. The number of aryl methyl sites for hydroxylation is 1. The van der Waals surface area contributed by atoms with E-state index in [1.807, 2.05) is 11.8 Å². The number of aromatic nitrogens is 1. The van der Waals surface area contributed by atoms with Gasteiger partial charge in [0.05, 0.1) is 11.1 Å². The largest absolute Gasteiger partial charge is 0.337 e. The van der Waals surface area contributed by atoms with Crippen molar-refractivity contribution in [2.45, 2.75) is 32.2 Å². The van der Waals surface area contributed by atoms with Crippen molar-refractivity contribution in [2.24, 2.45) is 5.92 Å². The molecule has 0 saturated carbocycles. The van der Waals surface area contributed by atoms with Crippen LogP contribution < -0.4 is 0 Å². The van der Waals surface area contributed by atoms with Gasteiger partial charge in [0.25, 0.3) is 5.91 Å². The van der Waals surface area contributed by atoms with Gasteiger partial charge in [-0.1, -0.05) is 6.42 Å².